The number of carbonyl (C=O) groups is 2. The van der Waals surface area contributed by atoms with Crippen molar-refractivity contribution in [2.75, 3.05) is 0 Å². The van der Waals surface area contributed by atoms with Crippen molar-refractivity contribution in [3.63, 3.8) is 0 Å². The Morgan fingerprint density at radius 3 is 2.42 bits per heavy atom. The van der Waals surface area contributed by atoms with Gasteiger partial charge in [0.2, 0.25) is 0 Å². The number of carboxylic acids is 1. The summed E-state index contributed by atoms with van der Waals surface area (Å²) in [6.45, 7) is 3.88. The molecule has 10 heteroatoms. The molecule has 2 atom stereocenters. The molecule has 0 bridgehead atoms. The van der Waals surface area contributed by atoms with Gasteiger partial charge in [-0.05, 0) is 49.1 Å². The summed E-state index contributed by atoms with van der Waals surface area (Å²) in [4.78, 5) is 24.1. The van der Waals surface area contributed by atoms with Crippen molar-refractivity contribution in [3.8, 4) is 5.69 Å². The van der Waals surface area contributed by atoms with Crippen LogP contribution in [0.4, 0.5) is 4.39 Å². The number of aromatic nitrogens is 2. The number of amides is 1. The summed E-state index contributed by atoms with van der Waals surface area (Å²) >= 11 is 0. The van der Waals surface area contributed by atoms with Crippen LogP contribution >= 0.6 is 0 Å². The van der Waals surface area contributed by atoms with E-state index in [2.05, 4.69) is 10.4 Å². The molecule has 1 fully saturated rings. The van der Waals surface area contributed by atoms with E-state index < -0.39 is 30.4 Å². The van der Waals surface area contributed by atoms with E-state index in [9.17, 15) is 24.2 Å². The largest absolute Gasteiger partial charge is 1.00 e. The molecule has 1 aromatic heterocycles. The minimum absolute atomic E-state index is 0. The van der Waals surface area contributed by atoms with Gasteiger partial charge in [0.05, 0.1) is 30.0 Å². The molecule has 0 saturated heterocycles. The average Bonchev–Trinajstić information content (AvgIpc) is 3.18. The van der Waals surface area contributed by atoms with E-state index in [-0.39, 0.29) is 61.0 Å². The zero-order valence-corrected chi connectivity index (χ0v) is 23.2. The molecular weight excluding hydrogens is 476 g/mol. The Hall–Kier alpha value is -2.04. The molecule has 0 aliphatic heterocycles. The second-order valence-corrected chi connectivity index (χ2v) is 9.41. The summed E-state index contributed by atoms with van der Waals surface area (Å²) in [6.07, 6.45) is 5.30. The van der Waals surface area contributed by atoms with Crippen LogP contribution in [0.25, 0.3) is 11.8 Å². The second-order valence-electron chi connectivity index (χ2n) is 9.41. The van der Waals surface area contributed by atoms with Crippen LogP contribution in [0, 0.1) is 5.82 Å². The molecule has 1 aliphatic carbocycles. The third-order valence-electron chi connectivity index (χ3n) is 6.16. The summed E-state index contributed by atoms with van der Waals surface area (Å²) < 4.78 is 15.1. The Labute approximate surface area is 234 Å². The van der Waals surface area contributed by atoms with Gasteiger partial charge in [-0.3, -0.25) is 9.59 Å². The summed E-state index contributed by atoms with van der Waals surface area (Å²) in [5.74, 6) is -1.92. The minimum Gasteiger partial charge on any atom is -1.00 e. The summed E-state index contributed by atoms with van der Waals surface area (Å²) in [5.41, 5.74) is 2.05. The summed E-state index contributed by atoms with van der Waals surface area (Å²) in [6, 6.07) is 5.82. The van der Waals surface area contributed by atoms with Gasteiger partial charge in [-0.2, -0.15) is 5.10 Å². The van der Waals surface area contributed by atoms with Gasteiger partial charge in [-0.15, -0.1) is 0 Å². The smallest absolute Gasteiger partial charge is 1.00 e. The van der Waals surface area contributed by atoms with E-state index in [4.69, 9.17) is 5.11 Å². The number of aliphatic hydroxyl groups is 2. The molecule has 4 N–H and O–H groups in total. The Balaban J connectivity index is 0.00000342. The number of carbonyl (C=O) groups excluding carboxylic acids is 1. The first-order chi connectivity index (χ1) is 16.7. The van der Waals surface area contributed by atoms with E-state index in [1.165, 1.54) is 24.6 Å². The predicted octanol–water partition coefficient (Wildman–Crippen LogP) is 0.914. The van der Waals surface area contributed by atoms with E-state index in [0.29, 0.717) is 16.9 Å². The number of benzene rings is 1. The number of hydrogen-bond donors (Lipinski definition) is 4. The molecule has 1 saturated carbocycles. The molecule has 1 heterocycles. The maximum atomic E-state index is 13.6. The number of nitrogens with one attached hydrogen (secondary N) is 1. The van der Waals surface area contributed by atoms with Gasteiger partial charge < -0.3 is 22.1 Å². The number of aliphatic carboxylic acids is 1. The standard InChI is InChI=1S/C26H34FN3O5.Na.H/c1-16(2)24-22(13-12-20(31)14-21(32)15-23(33)34)30(19-10-8-17(27)9-11-19)29-25(24)26(35)28-18-6-4-3-5-7-18;;/h8-13,16,18,20-21,31-32H,3-7,14-15H2,1-2H3,(H,28,35)(H,33,34);;/q;+1;-1/b13-12+;;/t20-,21+;;/m0../s1. The van der Waals surface area contributed by atoms with Crippen molar-refractivity contribution >= 4 is 18.0 Å². The molecule has 1 amide bonds. The SMILES string of the molecule is CC(C)c1c(C(=O)NC2CCCCC2)nn(-c2ccc(F)cc2)c1/C=C/[C@H](O)C[C@@H](O)CC(=O)O.[H-].[Na+]. The second kappa shape index (κ2) is 14.0. The van der Waals surface area contributed by atoms with Crippen molar-refractivity contribution in [2.45, 2.75) is 83.0 Å². The van der Waals surface area contributed by atoms with Gasteiger partial charge in [0, 0.05) is 18.0 Å². The molecule has 0 radical (unpaired) electrons. The number of halogens is 1. The van der Waals surface area contributed by atoms with Crippen molar-refractivity contribution < 1.29 is 60.3 Å². The van der Waals surface area contributed by atoms with Crippen molar-refractivity contribution in [2.24, 2.45) is 0 Å². The fourth-order valence-corrected chi connectivity index (χ4v) is 4.46. The maximum Gasteiger partial charge on any atom is 1.00 e. The van der Waals surface area contributed by atoms with E-state index in [1.54, 1.807) is 22.9 Å². The quantitative estimate of drug-likeness (QED) is 0.352. The van der Waals surface area contributed by atoms with Gasteiger partial charge in [0.25, 0.3) is 5.91 Å². The van der Waals surface area contributed by atoms with Crippen LogP contribution in [-0.2, 0) is 4.79 Å². The van der Waals surface area contributed by atoms with Gasteiger partial charge in [-0.1, -0.05) is 39.2 Å². The normalized spacial score (nSPS) is 16.1. The monoisotopic (exact) mass is 511 g/mol. The Kier molecular flexibility index (Phi) is 11.8. The molecule has 1 aliphatic rings. The predicted molar refractivity (Wildman–Crippen MR) is 131 cm³/mol. The summed E-state index contributed by atoms with van der Waals surface area (Å²) in [5, 5.41) is 36.7. The molecule has 2 aromatic rings. The van der Waals surface area contributed by atoms with Crippen LogP contribution in [-0.4, -0.2) is 55.2 Å². The van der Waals surface area contributed by atoms with Crippen LogP contribution in [0.1, 0.15) is 87.9 Å². The Morgan fingerprint density at radius 2 is 1.83 bits per heavy atom. The first-order valence-electron chi connectivity index (χ1n) is 12.1. The summed E-state index contributed by atoms with van der Waals surface area (Å²) in [7, 11) is 0. The number of hydrogen-bond acceptors (Lipinski definition) is 5. The number of rotatable bonds is 10. The number of carboxylic acid groups (broad SMARTS) is 1. The number of nitrogens with zero attached hydrogens (tertiary/aromatic N) is 2. The zero-order valence-electron chi connectivity index (χ0n) is 22.2. The average molecular weight is 512 g/mol. The third-order valence-corrected chi connectivity index (χ3v) is 6.16. The van der Waals surface area contributed by atoms with E-state index in [0.717, 1.165) is 25.7 Å². The van der Waals surface area contributed by atoms with Gasteiger partial charge in [0.15, 0.2) is 5.69 Å². The fraction of sp³-hybridized carbons (Fsp3) is 0.500. The molecule has 0 spiro atoms. The zero-order chi connectivity index (χ0) is 25.5. The first-order valence-corrected chi connectivity index (χ1v) is 12.1. The van der Waals surface area contributed by atoms with Gasteiger partial charge in [0.1, 0.15) is 5.82 Å². The Bertz CT molecular complexity index is 1060. The fourth-order valence-electron chi connectivity index (χ4n) is 4.46. The molecule has 0 unspecified atom stereocenters. The van der Waals surface area contributed by atoms with E-state index >= 15 is 0 Å². The topological polar surface area (TPSA) is 125 Å². The molecule has 36 heavy (non-hydrogen) atoms. The molecule has 1 aromatic carbocycles. The van der Waals surface area contributed by atoms with Crippen molar-refractivity contribution in [1.82, 2.24) is 15.1 Å². The van der Waals surface area contributed by atoms with Crippen LogP contribution in [0.15, 0.2) is 30.3 Å². The minimum atomic E-state index is -1.20. The third kappa shape index (κ3) is 8.24. The van der Waals surface area contributed by atoms with Crippen LogP contribution < -0.4 is 34.9 Å². The van der Waals surface area contributed by atoms with Crippen molar-refractivity contribution in [1.29, 1.82) is 0 Å². The van der Waals surface area contributed by atoms with Gasteiger partial charge >= 0.3 is 35.5 Å². The number of aliphatic hydroxyl groups excluding tert-OH is 2. The molecule has 3 rings (SSSR count). The van der Waals surface area contributed by atoms with Crippen LogP contribution in [0.3, 0.4) is 0 Å². The molecule has 192 valence electrons. The van der Waals surface area contributed by atoms with Crippen molar-refractivity contribution in [3.05, 3.63) is 53.1 Å². The maximum absolute atomic E-state index is 13.6. The molecule has 8 nitrogen and oxygen atoms in total. The van der Waals surface area contributed by atoms with Crippen LogP contribution in [0.5, 0.6) is 0 Å². The van der Waals surface area contributed by atoms with E-state index in [1.807, 2.05) is 13.8 Å². The van der Waals surface area contributed by atoms with Crippen LogP contribution in [0.2, 0.25) is 0 Å². The van der Waals surface area contributed by atoms with Gasteiger partial charge in [-0.25, -0.2) is 9.07 Å². The first kappa shape index (κ1) is 30.2. The Morgan fingerprint density at radius 1 is 1.19 bits per heavy atom. The molecular formula is C26H35FN3NaO5.